The molecule has 9 heteroatoms. The normalized spacial score (nSPS) is 16.9. The zero-order valence-corrected chi connectivity index (χ0v) is 14.5. The van der Waals surface area contributed by atoms with Gasteiger partial charge in [-0.25, -0.2) is 13.1 Å². The average molecular weight is 339 g/mol. The molecule has 2 aromatic rings. The van der Waals surface area contributed by atoms with E-state index in [0.717, 1.165) is 0 Å². The average Bonchev–Trinajstić information content (AvgIpc) is 3.03. The number of rotatable bonds is 4. The first-order valence-electron chi connectivity index (χ1n) is 7.43. The molecule has 0 unspecified atom stereocenters. The van der Waals surface area contributed by atoms with Gasteiger partial charge in [-0.15, -0.1) is 0 Å². The van der Waals surface area contributed by atoms with Crippen molar-refractivity contribution in [3.63, 3.8) is 0 Å². The van der Waals surface area contributed by atoms with Gasteiger partial charge in [0.25, 0.3) is 10.0 Å². The van der Waals surface area contributed by atoms with Gasteiger partial charge in [-0.05, 0) is 13.8 Å². The highest BCUT2D eigenvalue weighted by atomic mass is 32.2. The fraction of sp³-hybridized carbons (Fsp3) is 0.571. The Morgan fingerprint density at radius 3 is 2.70 bits per heavy atom. The van der Waals surface area contributed by atoms with Crippen molar-refractivity contribution < 1.29 is 13.2 Å². The van der Waals surface area contributed by atoms with Crippen molar-refractivity contribution in [2.24, 2.45) is 5.41 Å². The molecule has 0 aliphatic carbocycles. The van der Waals surface area contributed by atoms with Crippen LogP contribution in [0.1, 0.15) is 33.7 Å². The SMILES string of the molecule is CC(C)n1cc(NS(=O)(=O)c2cnn3c2OCC(C)(C)C3)cn1. The molecule has 23 heavy (non-hydrogen) atoms. The van der Waals surface area contributed by atoms with E-state index in [1.807, 2.05) is 27.7 Å². The third-order valence-corrected chi connectivity index (χ3v) is 4.97. The summed E-state index contributed by atoms with van der Waals surface area (Å²) < 4.78 is 36.6. The third-order valence-electron chi connectivity index (χ3n) is 3.61. The van der Waals surface area contributed by atoms with E-state index in [2.05, 4.69) is 14.9 Å². The maximum absolute atomic E-state index is 12.6. The molecule has 0 spiro atoms. The van der Waals surface area contributed by atoms with E-state index in [1.54, 1.807) is 15.6 Å². The highest BCUT2D eigenvalue weighted by molar-refractivity contribution is 7.92. The van der Waals surface area contributed by atoms with Crippen LogP contribution in [-0.2, 0) is 16.6 Å². The largest absolute Gasteiger partial charge is 0.476 e. The van der Waals surface area contributed by atoms with Crippen molar-refractivity contribution in [1.29, 1.82) is 0 Å². The molecule has 2 aromatic heterocycles. The van der Waals surface area contributed by atoms with E-state index in [0.29, 0.717) is 18.8 Å². The number of nitrogens with zero attached hydrogens (tertiary/aromatic N) is 4. The van der Waals surface area contributed by atoms with Crippen molar-refractivity contribution in [3.05, 3.63) is 18.6 Å². The van der Waals surface area contributed by atoms with Crippen molar-refractivity contribution in [3.8, 4) is 5.88 Å². The van der Waals surface area contributed by atoms with Gasteiger partial charge in [-0.1, -0.05) is 13.8 Å². The van der Waals surface area contributed by atoms with Gasteiger partial charge in [0.05, 0.1) is 31.2 Å². The van der Waals surface area contributed by atoms with Gasteiger partial charge in [0.1, 0.15) is 0 Å². The van der Waals surface area contributed by atoms with Crippen molar-refractivity contribution >= 4 is 15.7 Å². The number of fused-ring (bicyclic) bond motifs is 1. The van der Waals surface area contributed by atoms with E-state index in [-0.39, 0.29) is 22.2 Å². The van der Waals surface area contributed by atoms with Crippen molar-refractivity contribution in [2.45, 2.75) is 45.2 Å². The molecule has 0 saturated carbocycles. The lowest BCUT2D eigenvalue weighted by Crippen LogP contribution is -2.33. The maximum atomic E-state index is 12.6. The quantitative estimate of drug-likeness (QED) is 0.918. The molecule has 8 nitrogen and oxygen atoms in total. The van der Waals surface area contributed by atoms with Crippen LogP contribution >= 0.6 is 0 Å². The maximum Gasteiger partial charge on any atom is 0.268 e. The summed E-state index contributed by atoms with van der Waals surface area (Å²) in [5, 5.41) is 8.27. The molecular weight excluding hydrogens is 318 g/mol. The van der Waals surface area contributed by atoms with Crippen LogP contribution in [-0.4, -0.2) is 34.6 Å². The highest BCUT2D eigenvalue weighted by Gasteiger charge is 2.33. The van der Waals surface area contributed by atoms with Gasteiger partial charge < -0.3 is 4.74 Å². The van der Waals surface area contributed by atoms with E-state index in [4.69, 9.17) is 4.74 Å². The monoisotopic (exact) mass is 339 g/mol. The van der Waals surface area contributed by atoms with Crippen LogP contribution in [0.5, 0.6) is 5.88 Å². The zero-order chi connectivity index (χ0) is 16.8. The van der Waals surface area contributed by atoms with Gasteiger partial charge in [-0.3, -0.25) is 9.40 Å². The van der Waals surface area contributed by atoms with Gasteiger partial charge >= 0.3 is 0 Å². The molecule has 0 amide bonds. The van der Waals surface area contributed by atoms with E-state index in [9.17, 15) is 8.42 Å². The Bertz CT molecular complexity index is 819. The molecule has 126 valence electrons. The predicted octanol–water partition coefficient (Wildman–Crippen LogP) is 1.88. The Labute approximate surface area is 135 Å². The number of ether oxygens (including phenoxy) is 1. The molecule has 0 atom stereocenters. The molecule has 0 radical (unpaired) electrons. The minimum atomic E-state index is -3.77. The molecule has 1 aliphatic rings. The van der Waals surface area contributed by atoms with Crippen LogP contribution in [0.3, 0.4) is 0 Å². The van der Waals surface area contributed by atoms with Crippen molar-refractivity contribution in [1.82, 2.24) is 19.6 Å². The molecule has 3 rings (SSSR count). The topological polar surface area (TPSA) is 91.0 Å². The van der Waals surface area contributed by atoms with Crippen LogP contribution < -0.4 is 9.46 Å². The first-order chi connectivity index (χ1) is 10.7. The summed E-state index contributed by atoms with van der Waals surface area (Å²) in [6.45, 7) is 9.09. The molecular formula is C14H21N5O3S. The summed E-state index contributed by atoms with van der Waals surface area (Å²) in [5.41, 5.74) is 0.334. The highest BCUT2D eigenvalue weighted by Crippen LogP contribution is 2.33. The second-order valence-corrected chi connectivity index (χ2v) is 8.48. The number of nitrogens with one attached hydrogen (secondary N) is 1. The van der Waals surface area contributed by atoms with Crippen molar-refractivity contribution in [2.75, 3.05) is 11.3 Å². The molecule has 1 aliphatic heterocycles. The van der Waals surface area contributed by atoms with Gasteiger partial charge in [0, 0.05) is 17.7 Å². The molecule has 0 aromatic carbocycles. The summed E-state index contributed by atoms with van der Waals surface area (Å²) in [6.07, 6.45) is 4.46. The van der Waals surface area contributed by atoms with Crippen LogP contribution in [0.2, 0.25) is 0 Å². The Balaban J connectivity index is 1.87. The fourth-order valence-electron chi connectivity index (χ4n) is 2.40. The van der Waals surface area contributed by atoms with Gasteiger partial charge in [0.15, 0.2) is 4.90 Å². The Kier molecular flexibility index (Phi) is 3.62. The Morgan fingerprint density at radius 1 is 1.30 bits per heavy atom. The van der Waals surface area contributed by atoms with Gasteiger partial charge in [0.2, 0.25) is 5.88 Å². The lowest BCUT2D eigenvalue weighted by molar-refractivity contribution is 0.0971. The molecule has 0 fully saturated rings. The number of sulfonamides is 1. The molecule has 0 bridgehead atoms. The smallest absolute Gasteiger partial charge is 0.268 e. The van der Waals surface area contributed by atoms with Crippen LogP contribution in [0, 0.1) is 5.41 Å². The summed E-state index contributed by atoms with van der Waals surface area (Å²) in [7, 11) is -3.77. The van der Waals surface area contributed by atoms with Crippen LogP contribution in [0.4, 0.5) is 5.69 Å². The number of anilines is 1. The predicted molar refractivity (Wildman–Crippen MR) is 84.9 cm³/mol. The van der Waals surface area contributed by atoms with E-state index < -0.39 is 10.0 Å². The minimum Gasteiger partial charge on any atom is -0.476 e. The third kappa shape index (κ3) is 3.05. The number of aromatic nitrogens is 4. The summed E-state index contributed by atoms with van der Waals surface area (Å²) in [5.74, 6) is 0.285. The lowest BCUT2D eigenvalue weighted by atomic mass is 9.94. The Hall–Kier alpha value is -2.03. The second-order valence-electron chi connectivity index (χ2n) is 6.83. The first-order valence-corrected chi connectivity index (χ1v) is 8.92. The van der Waals surface area contributed by atoms with E-state index in [1.165, 1.54) is 12.4 Å². The lowest BCUT2D eigenvalue weighted by Gasteiger charge is -2.30. The van der Waals surface area contributed by atoms with Gasteiger partial charge in [-0.2, -0.15) is 10.2 Å². The summed E-state index contributed by atoms with van der Waals surface area (Å²) in [4.78, 5) is 0.0466. The summed E-state index contributed by atoms with van der Waals surface area (Å²) >= 11 is 0. The fourth-order valence-corrected chi connectivity index (χ4v) is 3.50. The molecule has 3 heterocycles. The minimum absolute atomic E-state index is 0.0466. The summed E-state index contributed by atoms with van der Waals surface area (Å²) in [6, 6.07) is 0.155. The first kappa shape index (κ1) is 15.9. The van der Waals surface area contributed by atoms with Crippen LogP contribution in [0.25, 0.3) is 0 Å². The number of hydrogen-bond acceptors (Lipinski definition) is 5. The standard InChI is InChI=1S/C14H21N5O3S/c1-10(2)18-7-11(5-15-18)17-23(20,21)12-6-16-19-8-14(3,4)9-22-13(12)19/h5-7,10,17H,8-9H2,1-4H3. The second kappa shape index (κ2) is 5.26. The molecule has 0 saturated heterocycles. The number of hydrogen-bond donors (Lipinski definition) is 1. The van der Waals surface area contributed by atoms with Crippen LogP contribution in [0.15, 0.2) is 23.5 Å². The zero-order valence-electron chi connectivity index (χ0n) is 13.6. The van der Waals surface area contributed by atoms with E-state index >= 15 is 0 Å². The molecule has 1 N–H and O–H groups in total. The Morgan fingerprint density at radius 2 is 2.04 bits per heavy atom.